The van der Waals surface area contributed by atoms with E-state index in [1.807, 2.05) is 0 Å². The Morgan fingerprint density at radius 2 is 1.76 bits per heavy atom. The fourth-order valence-corrected chi connectivity index (χ4v) is 3.31. The van der Waals surface area contributed by atoms with Gasteiger partial charge in [-0.25, -0.2) is 0 Å². The van der Waals surface area contributed by atoms with Crippen LogP contribution in [0.2, 0.25) is 0 Å². The maximum Gasteiger partial charge on any atom is 0.0399 e. The normalized spacial score (nSPS) is 17.1. The molecule has 0 fully saturated rings. The van der Waals surface area contributed by atoms with Gasteiger partial charge in [-0.15, -0.1) is 0 Å². The number of hydrogen-bond donors (Lipinski definition) is 1. The number of aryl methyl sites for hydroxylation is 1. The van der Waals surface area contributed by atoms with Gasteiger partial charge in [-0.2, -0.15) is 0 Å². The first-order valence-corrected chi connectivity index (χ1v) is 7.81. The molecule has 2 aromatic carbocycles. The average molecular weight is 280 g/mol. The Bertz CT molecular complexity index is 594. The molecular weight excluding hydrogens is 256 g/mol. The quantitative estimate of drug-likeness (QED) is 0.930. The molecule has 2 aromatic rings. The van der Waals surface area contributed by atoms with Gasteiger partial charge in [-0.05, 0) is 30.0 Å². The zero-order valence-corrected chi connectivity index (χ0v) is 12.8. The fraction of sp³-hybridized carbons (Fsp3) is 0.368. The summed E-state index contributed by atoms with van der Waals surface area (Å²) in [5.74, 6) is 0. The van der Waals surface area contributed by atoms with Gasteiger partial charge < -0.3 is 10.6 Å². The maximum atomic E-state index is 6.15. The van der Waals surface area contributed by atoms with E-state index in [0.29, 0.717) is 6.54 Å². The Morgan fingerprint density at radius 3 is 2.52 bits per heavy atom. The van der Waals surface area contributed by atoms with Gasteiger partial charge in [0, 0.05) is 30.7 Å². The van der Waals surface area contributed by atoms with Crippen molar-refractivity contribution in [2.75, 3.05) is 24.5 Å². The molecule has 1 aliphatic rings. The number of benzene rings is 2. The first-order valence-electron chi connectivity index (χ1n) is 7.81. The predicted molar refractivity (Wildman–Crippen MR) is 89.8 cm³/mol. The van der Waals surface area contributed by atoms with Gasteiger partial charge in [0.25, 0.3) is 0 Å². The first kappa shape index (κ1) is 14.2. The molecule has 0 radical (unpaired) electrons. The molecule has 1 unspecified atom stereocenters. The lowest BCUT2D eigenvalue weighted by Gasteiger charge is -2.39. The lowest BCUT2D eigenvalue weighted by molar-refractivity contribution is 0.466. The second-order valence-electron chi connectivity index (χ2n) is 6.28. The van der Waals surface area contributed by atoms with Crippen LogP contribution in [-0.4, -0.2) is 19.6 Å². The molecule has 2 nitrogen and oxygen atoms in total. The highest BCUT2D eigenvalue weighted by Crippen LogP contribution is 2.31. The molecular formula is C19H24N2. The number of rotatable bonds is 4. The Balaban J connectivity index is 1.89. The van der Waals surface area contributed by atoms with Crippen LogP contribution in [-0.2, 0) is 11.8 Å². The second-order valence-corrected chi connectivity index (χ2v) is 6.28. The summed E-state index contributed by atoms with van der Waals surface area (Å²) in [6, 6.07) is 19.4. The Hall–Kier alpha value is -1.80. The fourth-order valence-electron chi connectivity index (χ4n) is 3.31. The minimum atomic E-state index is -0.00822. The molecule has 110 valence electrons. The maximum absolute atomic E-state index is 6.15. The molecule has 1 aliphatic heterocycles. The van der Waals surface area contributed by atoms with Gasteiger partial charge in [-0.1, -0.05) is 55.5 Å². The van der Waals surface area contributed by atoms with Crippen LogP contribution >= 0.6 is 0 Å². The third kappa shape index (κ3) is 2.81. The van der Waals surface area contributed by atoms with Gasteiger partial charge in [-0.3, -0.25) is 0 Å². The van der Waals surface area contributed by atoms with Gasteiger partial charge in [0.15, 0.2) is 0 Å². The first-order chi connectivity index (χ1) is 10.2. The molecule has 0 bridgehead atoms. The smallest absolute Gasteiger partial charge is 0.0399 e. The molecule has 0 aliphatic carbocycles. The van der Waals surface area contributed by atoms with Crippen molar-refractivity contribution in [3.63, 3.8) is 0 Å². The summed E-state index contributed by atoms with van der Waals surface area (Å²) in [5, 5.41) is 0. The van der Waals surface area contributed by atoms with Crippen molar-refractivity contribution in [3.05, 3.63) is 65.7 Å². The third-order valence-electron chi connectivity index (χ3n) is 4.67. The van der Waals surface area contributed by atoms with Crippen molar-refractivity contribution < 1.29 is 0 Å². The van der Waals surface area contributed by atoms with E-state index in [4.69, 9.17) is 5.73 Å². The zero-order chi connectivity index (χ0) is 14.7. The van der Waals surface area contributed by atoms with Gasteiger partial charge in [0.2, 0.25) is 0 Å². The molecule has 2 heteroatoms. The topological polar surface area (TPSA) is 29.3 Å². The monoisotopic (exact) mass is 280 g/mol. The largest absolute Gasteiger partial charge is 0.370 e. The lowest BCUT2D eigenvalue weighted by Crippen LogP contribution is -2.45. The van der Waals surface area contributed by atoms with Crippen molar-refractivity contribution in [2.45, 2.75) is 25.2 Å². The van der Waals surface area contributed by atoms with E-state index in [1.165, 1.54) is 29.7 Å². The van der Waals surface area contributed by atoms with Crippen LogP contribution in [0.5, 0.6) is 0 Å². The van der Waals surface area contributed by atoms with Crippen LogP contribution < -0.4 is 10.6 Å². The highest BCUT2D eigenvalue weighted by atomic mass is 15.1. The van der Waals surface area contributed by atoms with Gasteiger partial charge in [0.05, 0.1) is 0 Å². The minimum Gasteiger partial charge on any atom is -0.370 e. The SMILES string of the molecule is CC(CN)(CN1CCCc2ccccc21)c1ccccc1. The number of nitrogens with two attached hydrogens (primary N) is 1. The molecule has 2 N–H and O–H groups in total. The summed E-state index contributed by atoms with van der Waals surface area (Å²) in [6.07, 6.45) is 2.42. The van der Waals surface area contributed by atoms with Gasteiger partial charge in [0.1, 0.15) is 0 Å². The van der Waals surface area contributed by atoms with Crippen LogP contribution in [0.15, 0.2) is 54.6 Å². The van der Waals surface area contributed by atoms with Crippen LogP contribution in [0.4, 0.5) is 5.69 Å². The van der Waals surface area contributed by atoms with Crippen molar-refractivity contribution in [1.82, 2.24) is 0 Å². The summed E-state index contributed by atoms with van der Waals surface area (Å²) in [4.78, 5) is 2.51. The molecule has 21 heavy (non-hydrogen) atoms. The van der Waals surface area contributed by atoms with Crippen molar-refractivity contribution >= 4 is 5.69 Å². The number of hydrogen-bond acceptors (Lipinski definition) is 2. The molecule has 1 heterocycles. The zero-order valence-electron chi connectivity index (χ0n) is 12.8. The number of anilines is 1. The van der Waals surface area contributed by atoms with E-state index in [1.54, 1.807) is 0 Å². The van der Waals surface area contributed by atoms with Crippen molar-refractivity contribution in [1.29, 1.82) is 0 Å². The Morgan fingerprint density at radius 1 is 1.05 bits per heavy atom. The van der Waals surface area contributed by atoms with E-state index < -0.39 is 0 Å². The predicted octanol–water partition coefficient (Wildman–Crippen LogP) is 3.36. The summed E-state index contributed by atoms with van der Waals surface area (Å²) in [7, 11) is 0. The second kappa shape index (κ2) is 5.90. The number of fused-ring (bicyclic) bond motifs is 1. The van der Waals surface area contributed by atoms with Crippen molar-refractivity contribution in [2.24, 2.45) is 5.73 Å². The average Bonchev–Trinajstić information content (AvgIpc) is 2.56. The van der Waals surface area contributed by atoms with E-state index in [-0.39, 0.29) is 5.41 Å². The molecule has 0 saturated heterocycles. The summed E-state index contributed by atoms with van der Waals surface area (Å²) < 4.78 is 0. The van der Waals surface area contributed by atoms with E-state index in [0.717, 1.165) is 13.1 Å². The van der Waals surface area contributed by atoms with E-state index in [2.05, 4.69) is 66.4 Å². The molecule has 0 saturated carbocycles. The Kier molecular flexibility index (Phi) is 3.98. The molecule has 1 atom stereocenters. The third-order valence-corrected chi connectivity index (χ3v) is 4.67. The number of para-hydroxylation sites is 1. The molecule has 0 amide bonds. The van der Waals surface area contributed by atoms with Gasteiger partial charge >= 0.3 is 0 Å². The summed E-state index contributed by atoms with van der Waals surface area (Å²) >= 11 is 0. The minimum absolute atomic E-state index is 0.00822. The molecule has 0 aromatic heterocycles. The van der Waals surface area contributed by atoms with Crippen LogP contribution in [0.3, 0.4) is 0 Å². The van der Waals surface area contributed by atoms with Crippen LogP contribution in [0.1, 0.15) is 24.5 Å². The number of nitrogens with zero attached hydrogens (tertiary/aromatic N) is 1. The molecule has 3 rings (SSSR count). The Labute approximate surface area is 127 Å². The molecule has 0 spiro atoms. The van der Waals surface area contributed by atoms with Crippen LogP contribution in [0, 0.1) is 0 Å². The summed E-state index contributed by atoms with van der Waals surface area (Å²) in [6.45, 7) is 5.04. The standard InChI is InChI=1S/C19H24N2/c1-19(14-20,17-10-3-2-4-11-17)15-21-13-7-9-16-8-5-6-12-18(16)21/h2-6,8,10-12H,7,9,13-15,20H2,1H3. The van der Waals surface area contributed by atoms with Crippen molar-refractivity contribution in [3.8, 4) is 0 Å². The van der Waals surface area contributed by atoms with E-state index in [9.17, 15) is 0 Å². The highest BCUT2D eigenvalue weighted by Gasteiger charge is 2.29. The lowest BCUT2D eigenvalue weighted by atomic mass is 9.81. The van der Waals surface area contributed by atoms with Crippen LogP contribution in [0.25, 0.3) is 0 Å². The highest BCUT2D eigenvalue weighted by molar-refractivity contribution is 5.56. The van der Waals surface area contributed by atoms with E-state index >= 15 is 0 Å². The summed E-state index contributed by atoms with van der Waals surface area (Å²) in [5.41, 5.74) is 10.3.